The van der Waals surface area contributed by atoms with Crippen molar-refractivity contribution in [1.29, 1.82) is 0 Å². The van der Waals surface area contributed by atoms with Crippen molar-refractivity contribution in [3.8, 4) is 5.75 Å². The summed E-state index contributed by atoms with van der Waals surface area (Å²) in [4.78, 5) is 7.15. The summed E-state index contributed by atoms with van der Waals surface area (Å²) in [5, 5.41) is 0. The normalized spacial score (nSPS) is 17.4. The van der Waals surface area contributed by atoms with E-state index in [0.29, 0.717) is 0 Å². The third-order valence-corrected chi connectivity index (χ3v) is 4.16. The summed E-state index contributed by atoms with van der Waals surface area (Å²) in [5.41, 5.74) is 2.42. The van der Waals surface area contributed by atoms with E-state index in [9.17, 15) is 0 Å². The fourth-order valence-electron chi connectivity index (χ4n) is 3.07. The lowest BCUT2D eigenvalue weighted by atomic mass is 9.98. The molecule has 3 nitrogen and oxygen atoms in total. The monoisotopic (exact) mass is 282 g/mol. The molecule has 0 bridgehead atoms. The van der Waals surface area contributed by atoms with E-state index in [1.54, 1.807) is 7.11 Å². The van der Waals surface area contributed by atoms with Crippen molar-refractivity contribution in [3.05, 3.63) is 59.9 Å². The minimum atomic E-state index is 0.248. The van der Waals surface area contributed by atoms with Crippen molar-refractivity contribution in [2.24, 2.45) is 0 Å². The number of pyridine rings is 1. The highest BCUT2D eigenvalue weighted by Crippen LogP contribution is 2.30. The first kappa shape index (κ1) is 14.1. The maximum Gasteiger partial charge on any atom is 0.118 e. The molecular formula is C18H22N2O. The number of aromatic nitrogens is 1. The Kier molecular flexibility index (Phi) is 4.51. The van der Waals surface area contributed by atoms with Crippen LogP contribution >= 0.6 is 0 Å². The predicted molar refractivity (Wildman–Crippen MR) is 84.5 cm³/mol. The standard InChI is InChI=1S/C18H22N2O/c1-21-16-10-8-15(9-11-16)18(17-7-3-4-12-19-17)20-13-5-2-6-14-20/h3-4,7-12,18H,2,5-6,13-14H2,1H3. The molecule has 0 saturated carbocycles. The minimum Gasteiger partial charge on any atom is -0.497 e. The van der Waals surface area contributed by atoms with Crippen LogP contribution < -0.4 is 4.74 Å². The van der Waals surface area contributed by atoms with E-state index in [0.717, 1.165) is 24.5 Å². The molecule has 0 amide bonds. The Bertz CT molecular complexity index is 547. The summed E-state index contributed by atoms with van der Waals surface area (Å²) in [6, 6.07) is 14.8. The Morgan fingerprint density at radius 1 is 1.00 bits per heavy atom. The van der Waals surface area contributed by atoms with Crippen LogP contribution in [0.2, 0.25) is 0 Å². The number of hydrogen-bond acceptors (Lipinski definition) is 3. The van der Waals surface area contributed by atoms with Crippen LogP contribution in [0.25, 0.3) is 0 Å². The Labute approximate surface area is 126 Å². The van der Waals surface area contributed by atoms with E-state index >= 15 is 0 Å². The summed E-state index contributed by atoms with van der Waals surface area (Å²) in [7, 11) is 1.70. The molecule has 0 aliphatic carbocycles. The molecule has 110 valence electrons. The second-order valence-electron chi connectivity index (χ2n) is 5.53. The van der Waals surface area contributed by atoms with Gasteiger partial charge in [0, 0.05) is 6.20 Å². The Balaban J connectivity index is 1.94. The molecule has 1 aromatic heterocycles. The summed E-state index contributed by atoms with van der Waals surface area (Å²) >= 11 is 0. The Morgan fingerprint density at radius 2 is 1.76 bits per heavy atom. The van der Waals surface area contributed by atoms with Gasteiger partial charge in [-0.15, -0.1) is 0 Å². The summed E-state index contributed by atoms with van der Waals surface area (Å²) in [6.07, 6.45) is 5.78. The van der Waals surface area contributed by atoms with Gasteiger partial charge in [-0.2, -0.15) is 0 Å². The van der Waals surface area contributed by atoms with Crippen LogP contribution in [0.15, 0.2) is 48.7 Å². The molecule has 1 fully saturated rings. The van der Waals surface area contributed by atoms with Crippen LogP contribution in [0.1, 0.15) is 36.6 Å². The zero-order valence-electron chi connectivity index (χ0n) is 12.5. The lowest BCUT2D eigenvalue weighted by Gasteiger charge is -2.34. The second-order valence-corrected chi connectivity index (χ2v) is 5.53. The van der Waals surface area contributed by atoms with Gasteiger partial charge in [-0.25, -0.2) is 0 Å². The van der Waals surface area contributed by atoms with E-state index in [4.69, 9.17) is 4.74 Å². The molecule has 1 aliphatic rings. The molecule has 1 aliphatic heterocycles. The highest BCUT2D eigenvalue weighted by atomic mass is 16.5. The molecule has 3 heteroatoms. The molecule has 0 N–H and O–H groups in total. The maximum atomic E-state index is 5.27. The number of likely N-dealkylation sites (tertiary alicyclic amines) is 1. The van der Waals surface area contributed by atoms with E-state index in [1.165, 1.54) is 24.8 Å². The molecule has 21 heavy (non-hydrogen) atoms. The molecule has 1 saturated heterocycles. The van der Waals surface area contributed by atoms with Crippen molar-refractivity contribution >= 4 is 0 Å². The number of benzene rings is 1. The van der Waals surface area contributed by atoms with Crippen molar-refractivity contribution in [2.45, 2.75) is 25.3 Å². The maximum absolute atomic E-state index is 5.27. The van der Waals surface area contributed by atoms with Gasteiger partial charge in [0.2, 0.25) is 0 Å². The first-order valence-electron chi connectivity index (χ1n) is 7.67. The zero-order valence-corrected chi connectivity index (χ0v) is 12.5. The van der Waals surface area contributed by atoms with E-state index in [2.05, 4.69) is 34.1 Å². The molecular weight excluding hydrogens is 260 g/mol. The van der Waals surface area contributed by atoms with Crippen LogP contribution in [-0.4, -0.2) is 30.1 Å². The molecule has 0 spiro atoms. The third-order valence-electron chi connectivity index (χ3n) is 4.16. The first-order chi connectivity index (χ1) is 10.4. The largest absolute Gasteiger partial charge is 0.497 e. The van der Waals surface area contributed by atoms with Crippen LogP contribution in [0, 0.1) is 0 Å². The van der Waals surface area contributed by atoms with Crippen LogP contribution in [0.3, 0.4) is 0 Å². The number of hydrogen-bond donors (Lipinski definition) is 0. The van der Waals surface area contributed by atoms with Gasteiger partial charge in [0.15, 0.2) is 0 Å². The van der Waals surface area contributed by atoms with Crippen molar-refractivity contribution < 1.29 is 4.74 Å². The van der Waals surface area contributed by atoms with E-state index in [1.807, 2.05) is 24.4 Å². The van der Waals surface area contributed by atoms with Crippen molar-refractivity contribution in [1.82, 2.24) is 9.88 Å². The molecule has 1 unspecified atom stereocenters. The smallest absolute Gasteiger partial charge is 0.118 e. The van der Waals surface area contributed by atoms with Gasteiger partial charge >= 0.3 is 0 Å². The van der Waals surface area contributed by atoms with Crippen LogP contribution in [0.4, 0.5) is 0 Å². The lowest BCUT2D eigenvalue weighted by Crippen LogP contribution is -2.34. The van der Waals surface area contributed by atoms with Gasteiger partial charge in [0.1, 0.15) is 5.75 Å². The Morgan fingerprint density at radius 3 is 2.38 bits per heavy atom. The summed E-state index contributed by atoms with van der Waals surface area (Å²) in [5.74, 6) is 0.900. The average molecular weight is 282 g/mol. The van der Waals surface area contributed by atoms with Gasteiger partial charge in [0.05, 0.1) is 18.8 Å². The molecule has 1 atom stereocenters. The number of nitrogens with zero attached hydrogens (tertiary/aromatic N) is 2. The molecule has 3 rings (SSSR count). The lowest BCUT2D eigenvalue weighted by molar-refractivity contribution is 0.184. The third kappa shape index (κ3) is 3.24. The minimum absolute atomic E-state index is 0.248. The number of piperidine rings is 1. The number of ether oxygens (including phenoxy) is 1. The molecule has 0 radical (unpaired) electrons. The van der Waals surface area contributed by atoms with E-state index in [-0.39, 0.29) is 6.04 Å². The van der Waals surface area contributed by atoms with Gasteiger partial charge in [-0.05, 0) is 55.8 Å². The number of rotatable bonds is 4. The van der Waals surface area contributed by atoms with Gasteiger partial charge in [0.25, 0.3) is 0 Å². The van der Waals surface area contributed by atoms with Crippen molar-refractivity contribution in [3.63, 3.8) is 0 Å². The average Bonchev–Trinajstić information content (AvgIpc) is 2.58. The number of methoxy groups -OCH3 is 1. The first-order valence-corrected chi connectivity index (χ1v) is 7.67. The van der Waals surface area contributed by atoms with Gasteiger partial charge in [-0.3, -0.25) is 9.88 Å². The fourth-order valence-corrected chi connectivity index (χ4v) is 3.07. The SMILES string of the molecule is COc1ccc(C(c2ccccn2)N2CCCCC2)cc1. The van der Waals surface area contributed by atoms with E-state index < -0.39 is 0 Å². The van der Waals surface area contributed by atoms with Crippen LogP contribution in [0.5, 0.6) is 5.75 Å². The van der Waals surface area contributed by atoms with Crippen LogP contribution in [-0.2, 0) is 0 Å². The molecule has 2 heterocycles. The second kappa shape index (κ2) is 6.72. The predicted octanol–water partition coefficient (Wildman–Crippen LogP) is 3.67. The summed E-state index contributed by atoms with van der Waals surface area (Å²) in [6.45, 7) is 2.29. The highest BCUT2D eigenvalue weighted by Gasteiger charge is 2.24. The van der Waals surface area contributed by atoms with Crippen molar-refractivity contribution in [2.75, 3.05) is 20.2 Å². The highest BCUT2D eigenvalue weighted by molar-refractivity contribution is 5.33. The Hall–Kier alpha value is -1.87. The quantitative estimate of drug-likeness (QED) is 0.855. The topological polar surface area (TPSA) is 25.4 Å². The van der Waals surface area contributed by atoms with Gasteiger partial charge in [-0.1, -0.05) is 24.6 Å². The fraction of sp³-hybridized carbons (Fsp3) is 0.389. The zero-order chi connectivity index (χ0) is 14.5. The summed E-state index contributed by atoms with van der Waals surface area (Å²) < 4.78 is 5.27. The molecule has 1 aromatic carbocycles. The molecule has 2 aromatic rings. The van der Waals surface area contributed by atoms with Gasteiger partial charge < -0.3 is 4.74 Å².